The molecule has 0 atom stereocenters. The van der Waals surface area contributed by atoms with E-state index < -0.39 is 0 Å². The molecule has 0 radical (unpaired) electrons. The Hall–Kier alpha value is -2.56. The Morgan fingerprint density at radius 3 is 2.30 bits per heavy atom. The molecule has 0 saturated carbocycles. The van der Waals surface area contributed by atoms with E-state index >= 15 is 0 Å². The Morgan fingerprint density at radius 1 is 0.850 bits per heavy atom. The zero-order valence-electron chi connectivity index (χ0n) is 11.7. The number of benzene rings is 1. The Morgan fingerprint density at radius 2 is 1.55 bits per heavy atom. The molecular weight excluding hydrogens is 250 g/mol. The molecule has 100 valence electrons. The van der Waals surface area contributed by atoms with Crippen molar-refractivity contribution in [3.8, 4) is 0 Å². The lowest BCUT2D eigenvalue weighted by Gasteiger charge is -2.08. The van der Waals surface area contributed by atoms with Gasteiger partial charge < -0.3 is 5.32 Å². The van der Waals surface area contributed by atoms with E-state index in [1.807, 2.05) is 38.1 Å². The van der Waals surface area contributed by atoms with Gasteiger partial charge in [0.2, 0.25) is 0 Å². The summed E-state index contributed by atoms with van der Waals surface area (Å²) in [7, 11) is 0. The molecule has 5 heteroatoms. The van der Waals surface area contributed by atoms with Gasteiger partial charge in [-0.05, 0) is 32.9 Å². The first-order chi connectivity index (χ1) is 9.63. The molecule has 0 saturated heterocycles. The number of hydrogen-bond acceptors (Lipinski definition) is 5. The van der Waals surface area contributed by atoms with Crippen molar-refractivity contribution in [3.63, 3.8) is 0 Å². The summed E-state index contributed by atoms with van der Waals surface area (Å²) < 4.78 is 0. The van der Waals surface area contributed by atoms with Crippen molar-refractivity contribution >= 4 is 22.7 Å². The molecule has 0 amide bonds. The van der Waals surface area contributed by atoms with Gasteiger partial charge in [-0.25, -0.2) is 19.9 Å². The van der Waals surface area contributed by atoms with Gasteiger partial charge in [0.05, 0.1) is 11.4 Å². The number of hydrogen-bond donors (Lipinski definition) is 1. The summed E-state index contributed by atoms with van der Waals surface area (Å²) in [5.74, 6) is 0.675. The van der Waals surface area contributed by atoms with Gasteiger partial charge in [-0.3, -0.25) is 0 Å². The van der Waals surface area contributed by atoms with Crippen LogP contribution in [0.2, 0.25) is 0 Å². The van der Waals surface area contributed by atoms with Crippen LogP contribution in [-0.4, -0.2) is 19.9 Å². The van der Waals surface area contributed by atoms with E-state index in [-0.39, 0.29) is 0 Å². The van der Waals surface area contributed by atoms with Crippen LogP contribution in [0.3, 0.4) is 0 Å². The second-order valence-electron chi connectivity index (χ2n) is 4.78. The van der Waals surface area contributed by atoms with Crippen LogP contribution in [0.5, 0.6) is 0 Å². The van der Waals surface area contributed by atoms with Gasteiger partial charge in [-0.15, -0.1) is 0 Å². The smallest absolute Gasteiger partial charge is 0.183 e. The second kappa shape index (κ2) is 4.85. The van der Waals surface area contributed by atoms with E-state index in [2.05, 4.69) is 32.2 Å². The van der Waals surface area contributed by atoms with Crippen LogP contribution in [0, 0.1) is 20.8 Å². The number of nitrogens with zero attached hydrogens (tertiary/aromatic N) is 4. The Bertz CT molecular complexity index is 765. The van der Waals surface area contributed by atoms with Crippen LogP contribution in [0.15, 0.2) is 30.6 Å². The van der Waals surface area contributed by atoms with Gasteiger partial charge in [0.25, 0.3) is 0 Å². The fourth-order valence-corrected chi connectivity index (χ4v) is 1.91. The topological polar surface area (TPSA) is 63.6 Å². The number of rotatable bonds is 2. The number of nitrogens with one attached hydrogen (secondary N) is 1. The minimum Gasteiger partial charge on any atom is -0.338 e. The highest BCUT2D eigenvalue weighted by atomic mass is 15.1. The molecule has 2 aromatic heterocycles. The Balaban J connectivity index is 2.07. The molecule has 3 aromatic rings. The molecule has 0 unspecified atom stereocenters. The fourth-order valence-electron chi connectivity index (χ4n) is 1.91. The molecule has 20 heavy (non-hydrogen) atoms. The summed E-state index contributed by atoms with van der Waals surface area (Å²) in [6.45, 7) is 5.92. The average molecular weight is 265 g/mol. The lowest BCUT2D eigenvalue weighted by Crippen LogP contribution is -2.01. The van der Waals surface area contributed by atoms with Gasteiger partial charge in [0.1, 0.15) is 6.33 Å². The molecule has 2 heterocycles. The number of fused-ring (bicyclic) bond motifs is 1. The lowest BCUT2D eigenvalue weighted by atomic mass is 10.2. The normalized spacial score (nSPS) is 10.8. The van der Waals surface area contributed by atoms with Gasteiger partial charge in [-0.2, -0.15) is 0 Å². The van der Waals surface area contributed by atoms with E-state index in [0.29, 0.717) is 17.0 Å². The van der Waals surface area contributed by atoms with Gasteiger partial charge in [0.15, 0.2) is 17.0 Å². The van der Waals surface area contributed by atoms with E-state index in [4.69, 9.17) is 0 Å². The molecule has 0 spiro atoms. The van der Waals surface area contributed by atoms with Gasteiger partial charge in [-0.1, -0.05) is 17.7 Å². The SMILES string of the molecule is Cc1ccc(Nc2ncnc3nc(C)c(C)nc23)cc1. The van der Waals surface area contributed by atoms with Crippen molar-refractivity contribution in [3.05, 3.63) is 47.5 Å². The summed E-state index contributed by atoms with van der Waals surface area (Å²) >= 11 is 0. The summed E-state index contributed by atoms with van der Waals surface area (Å²) in [5.41, 5.74) is 5.26. The van der Waals surface area contributed by atoms with Crippen LogP contribution < -0.4 is 5.32 Å². The van der Waals surface area contributed by atoms with Crippen LogP contribution >= 0.6 is 0 Å². The first kappa shape index (κ1) is 12.5. The molecule has 0 bridgehead atoms. The van der Waals surface area contributed by atoms with Crippen LogP contribution in [0.25, 0.3) is 11.2 Å². The van der Waals surface area contributed by atoms with Crippen molar-refractivity contribution in [2.75, 3.05) is 5.32 Å². The Kier molecular flexibility index (Phi) is 3.02. The van der Waals surface area contributed by atoms with Crippen LogP contribution in [0.4, 0.5) is 11.5 Å². The molecular formula is C15H15N5. The zero-order chi connectivity index (χ0) is 14.1. The van der Waals surface area contributed by atoms with Gasteiger partial charge in [0, 0.05) is 5.69 Å². The van der Waals surface area contributed by atoms with Crippen molar-refractivity contribution in [1.82, 2.24) is 19.9 Å². The monoisotopic (exact) mass is 265 g/mol. The van der Waals surface area contributed by atoms with Gasteiger partial charge >= 0.3 is 0 Å². The number of aromatic nitrogens is 4. The zero-order valence-corrected chi connectivity index (χ0v) is 11.7. The molecule has 1 aromatic carbocycles. The highest BCUT2D eigenvalue weighted by Crippen LogP contribution is 2.21. The summed E-state index contributed by atoms with van der Waals surface area (Å²) in [6, 6.07) is 8.12. The van der Waals surface area contributed by atoms with E-state index in [9.17, 15) is 0 Å². The number of aryl methyl sites for hydroxylation is 3. The quantitative estimate of drug-likeness (QED) is 0.771. The highest BCUT2D eigenvalue weighted by Gasteiger charge is 2.08. The van der Waals surface area contributed by atoms with E-state index in [1.165, 1.54) is 11.9 Å². The lowest BCUT2D eigenvalue weighted by molar-refractivity contribution is 1.06. The predicted molar refractivity (Wildman–Crippen MR) is 79.1 cm³/mol. The summed E-state index contributed by atoms with van der Waals surface area (Å²) in [6.07, 6.45) is 1.50. The third kappa shape index (κ3) is 2.30. The van der Waals surface area contributed by atoms with E-state index in [0.717, 1.165) is 17.1 Å². The standard InChI is InChI=1S/C15H15N5/c1-9-4-6-12(7-5-9)20-15-13-14(16-8-17-15)19-11(3)10(2)18-13/h4-8H,1-3H3,(H,16,17,19,20). The van der Waals surface area contributed by atoms with Crippen LogP contribution in [-0.2, 0) is 0 Å². The maximum Gasteiger partial charge on any atom is 0.183 e. The van der Waals surface area contributed by atoms with Crippen molar-refractivity contribution in [2.24, 2.45) is 0 Å². The number of anilines is 2. The molecule has 0 fully saturated rings. The molecule has 0 aliphatic carbocycles. The Labute approximate surface area is 117 Å². The predicted octanol–water partition coefficient (Wildman–Crippen LogP) is 3.09. The highest BCUT2D eigenvalue weighted by molar-refractivity contribution is 5.84. The summed E-state index contributed by atoms with van der Waals surface area (Å²) in [4.78, 5) is 17.4. The first-order valence-electron chi connectivity index (χ1n) is 6.43. The maximum atomic E-state index is 4.54. The molecule has 0 aliphatic heterocycles. The summed E-state index contributed by atoms with van der Waals surface area (Å²) in [5, 5.41) is 3.27. The minimum absolute atomic E-state index is 0.609. The average Bonchev–Trinajstić information content (AvgIpc) is 2.43. The maximum absolute atomic E-state index is 4.54. The van der Waals surface area contributed by atoms with Crippen molar-refractivity contribution in [1.29, 1.82) is 0 Å². The third-order valence-corrected chi connectivity index (χ3v) is 3.19. The molecule has 1 N–H and O–H groups in total. The fraction of sp³-hybridized carbons (Fsp3) is 0.200. The van der Waals surface area contributed by atoms with E-state index in [1.54, 1.807) is 0 Å². The van der Waals surface area contributed by atoms with Crippen molar-refractivity contribution < 1.29 is 0 Å². The molecule has 0 aliphatic rings. The first-order valence-corrected chi connectivity index (χ1v) is 6.43. The van der Waals surface area contributed by atoms with Crippen LogP contribution in [0.1, 0.15) is 17.0 Å². The largest absolute Gasteiger partial charge is 0.338 e. The molecule has 3 rings (SSSR count). The third-order valence-electron chi connectivity index (χ3n) is 3.19. The second-order valence-corrected chi connectivity index (χ2v) is 4.78. The van der Waals surface area contributed by atoms with Crippen molar-refractivity contribution in [2.45, 2.75) is 20.8 Å². The minimum atomic E-state index is 0.609. The molecule has 5 nitrogen and oxygen atoms in total.